The molecule has 1 aromatic rings. The summed E-state index contributed by atoms with van der Waals surface area (Å²) in [5.74, 6) is 0.338. The van der Waals surface area contributed by atoms with Crippen molar-refractivity contribution in [3.8, 4) is 5.75 Å². The Morgan fingerprint density at radius 3 is 2.65 bits per heavy atom. The van der Waals surface area contributed by atoms with Crippen LogP contribution >= 0.6 is 11.5 Å². The fraction of sp³-hybridized carbons (Fsp3) is 0.667. The van der Waals surface area contributed by atoms with Gasteiger partial charge in [-0.3, -0.25) is 0 Å². The van der Waals surface area contributed by atoms with E-state index in [0.29, 0.717) is 6.61 Å². The van der Waals surface area contributed by atoms with E-state index in [4.69, 9.17) is 10.5 Å². The summed E-state index contributed by atoms with van der Waals surface area (Å²) >= 11 is 0.888. The number of aromatic nitrogens is 1. The summed E-state index contributed by atoms with van der Waals surface area (Å²) in [7, 11) is 0. The Bertz CT molecular complexity index is 414. The minimum Gasteiger partial charge on any atom is -0.487 e. The fourth-order valence-electron chi connectivity index (χ4n) is 1.48. The van der Waals surface area contributed by atoms with E-state index in [1.54, 1.807) is 6.92 Å². The van der Waals surface area contributed by atoms with Crippen molar-refractivity contribution < 1.29 is 17.9 Å². The van der Waals surface area contributed by atoms with Gasteiger partial charge in [0.2, 0.25) is 0 Å². The van der Waals surface area contributed by atoms with Gasteiger partial charge in [0.15, 0.2) is 16.6 Å². The van der Waals surface area contributed by atoms with E-state index in [0.717, 1.165) is 11.5 Å². The number of nitrogens with two attached hydrogens (primary N) is 1. The zero-order valence-corrected chi connectivity index (χ0v) is 9.91. The second kappa shape index (κ2) is 3.94. The van der Waals surface area contributed by atoms with Crippen LogP contribution in [0.3, 0.4) is 0 Å². The minimum absolute atomic E-state index is 0.0693. The van der Waals surface area contributed by atoms with Gasteiger partial charge in [0.05, 0.1) is 6.61 Å². The SMILES string of the molecule is CCOc1c(N)nsc1NC1(C(F)(F)F)CC1. The number of rotatable bonds is 4. The highest BCUT2D eigenvalue weighted by molar-refractivity contribution is 7.11. The maximum absolute atomic E-state index is 12.8. The molecule has 0 atom stereocenters. The summed E-state index contributed by atoms with van der Waals surface area (Å²) in [4.78, 5) is 0. The van der Waals surface area contributed by atoms with E-state index >= 15 is 0 Å². The Morgan fingerprint density at radius 2 is 2.18 bits per heavy atom. The molecule has 0 radical (unpaired) electrons. The van der Waals surface area contributed by atoms with Gasteiger partial charge in [-0.05, 0) is 31.3 Å². The van der Waals surface area contributed by atoms with Crippen LogP contribution in [0.25, 0.3) is 0 Å². The number of alkyl halides is 3. The van der Waals surface area contributed by atoms with Crippen molar-refractivity contribution in [1.82, 2.24) is 4.37 Å². The van der Waals surface area contributed by atoms with E-state index in [-0.39, 0.29) is 29.4 Å². The molecule has 0 saturated heterocycles. The second-order valence-electron chi connectivity index (χ2n) is 3.86. The van der Waals surface area contributed by atoms with Gasteiger partial charge in [0.1, 0.15) is 5.54 Å². The standard InChI is InChI=1S/C9H12F3N3OS/c1-2-16-5-6(13)15-17-7(5)14-8(3-4-8)9(10,11)12/h14H,2-4H2,1H3,(H2,13,15). The number of halogens is 3. The molecule has 1 aromatic heterocycles. The lowest BCUT2D eigenvalue weighted by Crippen LogP contribution is -2.38. The van der Waals surface area contributed by atoms with E-state index in [9.17, 15) is 13.2 Å². The molecule has 0 unspecified atom stereocenters. The molecule has 1 heterocycles. The number of ether oxygens (including phenoxy) is 1. The second-order valence-corrected chi connectivity index (χ2v) is 4.64. The van der Waals surface area contributed by atoms with E-state index < -0.39 is 11.7 Å². The number of nitrogens with one attached hydrogen (secondary N) is 1. The molecule has 17 heavy (non-hydrogen) atoms. The summed E-state index contributed by atoms with van der Waals surface area (Å²) in [6.45, 7) is 2.06. The molecule has 4 nitrogen and oxygen atoms in total. The van der Waals surface area contributed by atoms with Crippen LogP contribution in [0, 0.1) is 0 Å². The first kappa shape index (κ1) is 12.3. The Labute approximate surface area is 100 Å². The van der Waals surface area contributed by atoms with Gasteiger partial charge in [-0.1, -0.05) is 0 Å². The predicted octanol–water partition coefficient (Wildman–Crippen LogP) is 2.63. The lowest BCUT2D eigenvalue weighted by molar-refractivity contribution is -0.151. The van der Waals surface area contributed by atoms with Gasteiger partial charge in [-0.25, -0.2) is 0 Å². The third-order valence-electron chi connectivity index (χ3n) is 2.61. The molecule has 0 amide bonds. The quantitative estimate of drug-likeness (QED) is 0.880. The molecule has 2 rings (SSSR count). The molecule has 1 aliphatic rings. The van der Waals surface area contributed by atoms with Crippen LogP contribution in [-0.2, 0) is 0 Å². The summed E-state index contributed by atoms with van der Waals surface area (Å²) in [6.07, 6.45) is -4.13. The summed E-state index contributed by atoms with van der Waals surface area (Å²) in [6, 6.07) is 0. The van der Waals surface area contributed by atoms with Crippen molar-refractivity contribution in [2.45, 2.75) is 31.5 Å². The maximum atomic E-state index is 12.8. The first-order chi connectivity index (χ1) is 7.89. The van der Waals surface area contributed by atoms with Gasteiger partial charge < -0.3 is 15.8 Å². The van der Waals surface area contributed by atoms with Crippen LogP contribution in [0.1, 0.15) is 19.8 Å². The largest absolute Gasteiger partial charge is 0.487 e. The lowest BCUT2D eigenvalue weighted by Gasteiger charge is -2.21. The number of anilines is 2. The molecule has 1 saturated carbocycles. The Morgan fingerprint density at radius 1 is 1.53 bits per heavy atom. The first-order valence-corrected chi connectivity index (χ1v) is 5.90. The average Bonchev–Trinajstić information content (AvgIpc) is 2.94. The zero-order valence-electron chi connectivity index (χ0n) is 9.10. The van der Waals surface area contributed by atoms with Crippen molar-refractivity contribution in [2.75, 3.05) is 17.7 Å². The van der Waals surface area contributed by atoms with Crippen LogP contribution in [0.4, 0.5) is 24.0 Å². The summed E-state index contributed by atoms with van der Waals surface area (Å²) in [5, 5.41) is 2.72. The van der Waals surface area contributed by atoms with Crippen LogP contribution in [0.2, 0.25) is 0 Å². The van der Waals surface area contributed by atoms with Gasteiger partial charge in [0.25, 0.3) is 0 Å². The molecule has 0 spiro atoms. The van der Waals surface area contributed by atoms with Crippen LogP contribution in [0.5, 0.6) is 5.75 Å². The number of nitrogen functional groups attached to an aromatic ring is 1. The first-order valence-electron chi connectivity index (χ1n) is 5.12. The van der Waals surface area contributed by atoms with Gasteiger partial charge in [-0.2, -0.15) is 17.5 Å². The third kappa shape index (κ3) is 2.13. The van der Waals surface area contributed by atoms with E-state index in [1.165, 1.54) is 0 Å². The maximum Gasteiger partial charge on any atom is 0.411 e. The number of hydrogen-bond donors (Lipinski definition) is 2. The average molecular weight is 267 g/mol. The molecular formula is C9H12F3N3OS. The van der Waals surface area contributed by atoms with Crippen molar-refractivity contribution in [1.29, 1.82) is 0 Å². The number of nitrogens with zero attached hydrogens (tertiary/aromatic N) is 1. The van der Waals surface area contributed by atoms with E-state index in [1.807, 2.05) is 0 Å². The molecular weight excluding hydrogens is 255 g/mol. The van der Waals surface area contributed by atoms with Crippen molar-refractivity contribution in [2.24, 2.45) is 0 Å². The molecule has 1 aliphatic carbocycles. The topological polar surface area (TPSA) is 60.2 Å². The Hall–Kier alpha value is -1.18. The van der Waals surface area contributed by atoms with E-state index in [2.05, 4.69) is 9.69 Å². The smallest absolute Gasteiger partial charge is 0.411 e. The van der Waals surface area contributed by atoms with Gasteiger partial charge in [-0.15, -0.1) is 0 Å². The zero-order chi connectivity index (χ0) is 12.7. The number of hydrogen-bond acceptors (Lipinski definition) is 5. The Balaban J connectivity index is 2.20. The lowest BCUT2D eigenvalue weighted by atomic mass is 10.2. The highest BCUT2D eigenvalue weighted by Crippen LogP contribution is 2.53. The molecule has 8 heteroatoms. The van der Waals surface area contributed by atoms with Gasteiger partial charge in [0, 0.05) is 0 Å². The monoisotopic (exact) mass is 267 g/mol. The fourth-order valence-corrected chi connectivity index (χ4v) is 2.24. The third-order valence-corrected chi connectivity index (χ3v) is 3.37. The molecule has 0 bridgehead atoms. The Kier molecular flexibility index (Phi) is 2.84. The highest BCUT2D eigenvalue weighted by atomic mass is 32.1. The normalized spacial score (nSPS) is 17.9. The minimum atomic E-state index is -4.27. The van der Waals surface area contributed by atoms with Crippen LogP contribution in [0.15, 0.2) is 0 Å². The van der Waals surface area contributed by atoms with Crippen LogP contribution < -0.4 is 15.8 Å². The molecule has 1 fully saturated rings. The molecule has 96 valence electrons. The predicted molar refractivity (Wildman–Crippen MR) is 59.3 cm³/mol. The summed E-state index contributed by atoms with van der Waals surface area (Å²) < 4.78 is 47.2. The van der Waals surface area contributed by atoms with Crippen molar-refractivity contribution in [3.63, 3.8) is 0 Å². The highest BCUT2D eigenvalue weighted by Gasteiger charge is 2.64. The van der Waals surface area contributed by atoms with Crippen LogP contribution in [-0.4, -0.2) is 22.7 Å². The van der Waals surface area contributed by atoms with Gasteiger partial charge >= 0.3 is 6.18 Å². The summed E-state index contributed by atoms with van der Waals surface area (Å²) in [5.41, 5.74) is 3.71. The molecule has 3 N–H and O–H groups in total. The van der Waals surface area contributed by atoms with Crippen molar-refractivity contribution in [3.05, 3.63) is 0 Å². The van der Waals surface area contributed by atoms with Crippen molar-refractivity contribution >= 4 is 22.4 Å². The molecule has 0 aromatic carbocycles. The molecule has 0 aliphatic heterocycles.